The first kappa shape index (κ1) is 10.7. The highest BCUT2D eigenvalue weighted by Crippen LogP contribution is 2.22. The third-order valence-electron chi connectivity index (χ3n) is 2.88. The van der Waals surface area contributed by atoms with Gasteiger partial charge in [0.15, 0.2) is 9.84 Å². The largest absolute Gasteiger partial charge is 0.268 e. The van der Waals surface area contributed by atoms with Gasteiger partial charge in [-0.3, -0.25) is 4.68 Å². The Morgan fingerprint density at radius 1 is 1.60 bits per heavy atom. The fourth-order valence-electron chi connectivity index (χ4n) is 1.97. The first-order valence-electron chi connectivity index (χ1n) is 5.34. The lowest BCUT2D eigenvalue weighted by atomic mass is 10.2. The van der Waals surface area contributed by atoms with E-state index in [9.17, 15) is 8.42 Å². The van der Waals surface area contributed by atoms with Gasteiger partial charge in [-0.15, -0.1) is 0 Å². The molecule has 2 rings (SSSR count). The summed E-state index contributed by atoms with van der Waals surface area (Å²) in [6.07, 6.45) is 6.41. The van der Waals surface area contributed by atoms with Crippen LogP contribution in [-0.4, -0.2) is 29.7 Å². The topological polar surface area (TPSA) is 52.0 Å². The van der Waals surface area contributed by atoms with E-state index >= 15 is 0 Å². The molecule has 1 fully saturated rings. The Morgan fingerprint density at radius 3 is 3.00 bits per heavy atom. The molecule has 0 radical (unpaired) electrons. The van der Waals surface area contributed by atoms with E-state index in [4.69, 9.17) is 0 Å². The van der Waals surface area contributed by atoms with Gasteiger partial charge in [0.2, 0.25) is 0 Å². The molecular weight excluding hydrogens is 212 g/mol. The average molecular weight is 228 g/mol. The molecule has 1 aromatic heterocycles. The summed E-state index contributed by atoms with van der Waals surface area (Å²) in [6.45, 7) is 2.07. The second-order valence-electron chi connectivity index (χ2n) is 4.09. The smallest absolute Gasteiger partial charge is 0.152 e. The summed E-state index contributed by atoms with van der Waals surface area (Å²) in [6, 6.07) is 0.0454. The highest BCUT2D eigenvalue weighted by Gasteiger charge is 2.26. The van der Waals surface area contributed by atoms with Crippen molar-refractivity contribution >= 4 is 9.84 Å². The van der Waals surface area contributed by atoms with Crippen molar-refractivity contribution in [3.8, 4) is 0 Å². The van der Waals surface area contributed by atoms with E-state index in [1.165, 1.54) is 0 Å². The summed E-state index contributed by atoms with van der Waals surface area (Å²) in [7, 11) is -2.84. The van der Waals surface area contributed by atoms with Crippen molar-refractivity contribution in [1.82, 2.24) is 9.78 Å². The molecule has 2 heterocycles. The quantitative estimate of drug-likeness (QED) is 0.764. The van der Waals surface area contributed by atoms with Crippen molar-refractivity contribution in [1.29, 1.82) is 0 Å². The highest BCUT2D eigenvalue weighted by molar-refractivity contribution is 7.91. The zero-order chi connectivity index (χ0) is 10.9. The number of sulfone groups is 1. The van der Waals surface area contributed by atoms with Crippen molar-refractivity contribution in [2.45, 2.75) is 32.2 Å². The molecule has 0 aromatic carbocycles. The van der Waals surface area contributed by atoms with Crippen molar-refractivity contribution in [2.75, 3.05) is 11.5 Å². The van der Waals surface area contributed by atoms with E-state index in [0.29, 0.717) is 5.75 Å². The molecule has 1 unspecified atom stereocenters. The van der Waals surface area contributed by atoms with Gasteiger partial charge in [0.05, 0.1) is 23.7 Å². The molecule has 1 aliphatic heterocycles. The van der Waals surface area contributed by atoms with Gasteiger partial charge >= 0.3 is 0 Å². The van der Waals surface area contributed by atoms with Crippen molar-refractivity contribution in [2.24, 2.45) is 0 Å². The summed E-state index contributed by atoms with van der Waals surface area (Å²) in [4.78, 5) is 0. The second kappa shape index (κ2) is 3.96. The van der Waals surface area contributed by atoms with Gasteiger partial charge in [-0.2, -0.15) is 5.10 Å². The Kier molecular flexibility index (Phi) is 2.82. The van der Waals surface area contributed by atoms with Gasteiger partial charge in [0, 0.05) is 6.20 Å². The molecular formula is C10H16N2O2S. The standard InChI is InChI=1S/C10H16N2O2S/c1-2-9-6-11-12(7-9)10-4-3-5-15(13,14)8-10/h6-7,10H,2-5,8H2,1H3. The van der Waals surface area contributed by atoms with Crippen LogP contribution in [0.2, 0.25) is 0 Å². The molecule has 4 nitrogen and oxygen atoms in total. The lowest BCUT2D eigenvalue weighted by molar-refractivity contribution is 0.435. The number of aryl methyl sites for hydroxylation is 1. The molecule has 0 bridgehead atoms. The normalized spacial score (nSPS) is 25.3. The number of aromatic nitrogens is 2. The first-order chi connectivity index (χ1) is 7.11. The molecule has 1 aromatic rings. The van der Waals surface area contributed by atoms with Gasteiger partial charge in [-0.25, -0.2) is 8.42 Å². The molecule has 0 saturated carbocycles. The van der Waals surface area contributed by atoms with Crippen molar-refractivity contribution in [3.63, 3.8) is 0 Å². The predicted molar refractivity (Wildman–Crippen MR) is 58.5 cm³/mol. The van der Waals surface area contributed by atoms with Crippen LogP contribution in [0.1, 0.15) is 31.4 Å². The minimum Gasteiger partial charge on any atom is -0.268 e. The lowest BCUT2D eigenvalue weighted by Gasteiger charge is -2.22. The summed E-state index contributed by atoms with van der Waals surface area (Å²) in [5, 5.41) is 4.23. The van der Waals surface area contributed by atoms with Crippen LogP contribution in [0.5, 0.6) is 0 Å². The molecule has 5 heteroatoms. The minimum atomic E-state index is -2.84. The molecule has 0 aliphatic carbocycles. The third kappa shape index (κ3) is 2.40. The molecule has 0 spiro atoms. The average Bonchev–Trinajstić information content (AvgIpc) is 2.64. The Morgan fingerprint density at radius 2 is 2.40 bits per heavy atom. The van der Waals surface area contributed by atoms with Crippen LogP contribution >= 0.6 is 0 Å². The predicted octanol–water partition coefficient (Wildman–Crippen LogP) is 1.20. The van der Waals surface area contributed by atoms with Crippen LogP contribution in [0.15, 0.2) is 12.4 Å². The van der Waals surface area contributed by atoms with Crippen LogP contribution in [0.25, 0.3) is 0 Å². The molecule has 0 amide bonds. The number of hydrogen-bond donors (Lipinski definition) is 0. The van der Waals surface area contributed by atoms with Crippen LogP contribution in [-0.2, 0) is 16.3 Å². The van der Waals surface area contributed by atoms with Crippen LogP contribution in [0, 0.1) is 0 Å². The van der Waals surface area contributed by atoms with E-state index in [1.807, 2.05) is 17.1 Å². The Hall–Kier alpha value is -0.840. The molecule has 1 aliphatic rings. The number of rotatable bonds is 2. The Bertz CT molecular complexity index is 436. The zero-order valence-corrected chi connectivity index (χ0v) is 9.70. The van der Waals surface area contributed by atoms with Gasteiger partial charge in [0.25, 0.3) is 0 Å². The summed E-state index contributed by atoms with van der Waals surface area (Å²) in [5.41, 5.74) is 1.16. The van der Waals surface area contributed by atoms with Crippen LogP contribution < -0.4 is 0 Å². The highest BCUT2D eigenvalue weighted by atomic mass is 32.2. The van der Waals surface area contributed by atoms with Crippen LogP contribution in [0.4, 0.5) is 0 Å². The summed E-state index contributed by atoms with van der Waals surface area (Å²) in [5.74, 6) is 0.587. The SMILES string of the molecule is CCc1cnn(C2CCCS(=O)(=O)C2)c1. The number of nitrogens with zero attached hydrogens (tertiary/aromatic N) is 2. The second-order valence-corrected chi connectivity index (χ2v) is 6.32. The van der Waals surface area contributed by atoms with E-state index < -0.39 is 9.84 Å². The van der Waals surface area contributed by atoms with Gasteiger partial charge in [-0.05, 0) is 24.8 Å². The van der Waals surface area contributed by atoms with Gasteiger partial charge < -0.3 is 0 Å². The lowest BCUT2D eigenvalue weighted by Crippen LogP contribution is -2.27. The molecule has 15 heavy (non-hydrogen) atoms. The maximum Gasteiger partial charge on any atom is 0.152 e. The zero-order valence-electron chi connectivity index (χ0n) is 8.89. The van der Waals surface area contributed by atoms with E-state index in [2.05, 4.69) is 12.0 Å². The van der Waals surface area contributed by atoms with Crippen molar-refractivity contribution in [3.05, 3.63) is 18.0 Å². The Balaban J connectivity index is 2.17. The molecule has 1 saturated heterocycles. The molecule has 1 atom stereocenters. The summed E-state index contributed by atoms with van der Waals surface area (Å²) >= 11 is 0. The minimum absolute atomic E-state index is 0.0454. The third-order valence-corrected chi connectivity index (χ3v) is 4.68. The van der Waals surface area contributed by atoms with E-state index in [1.54, 1.807) is 0 Å². The fraction of sp³-hybridized carbons (Fsp3) is 0.700. The molecule has 0 N–H and O–H groups in total. The molecule has 84 valence electrons. The van der Waals surface area contributed by atoms with Gasteiger partial charge in [-0.1, -0.05) is 6.92 Å². The Labute approximate surface area is 90.2 Å². The maximum absolute atomic E-state index is 11.5. The fourth-order valence-corrected chi connectivity index (χ4v) is 3.65. The van der Waals surface area contributed by atoms with Gasteiger partial charge in [0.1, 0.15) is 0 Å². The van der Waals surface area contributed by atoms with Crippen molar-refractivity contribution < 1.29 is 8.42 Å². The first-order valence-corrected chi connectivity index (χ1v) is 7.16. The van der Waals surface area contributed by atoms with E-state index in [0.717, 1.165) is 24.8 Å². The summed E-state index contributed by atoms with van der Waals surface area (Å²) < 4.78 is 24.8. The maximum atomic E-state index is 11.5. The monoisotopic (exact) mass is 228 g/mol. The number of hydrogen-bond acceptors (Lipinski definition) is 3. The van der Waals surface area contributed by atoms with Crippen LogP contribution in [0.3, 0.4) is 0 Å². The van der Waals surface area contributed by atoms with E-state index in [-0.39, 0.29) is 11.8 Å².